The molecule has 0 unspecified atom stereocenters. The second kappa shape index (κ2) is 10.2. The summed E-state index contributed by atoms with van der Waals surface area (Å²) in [7, 11) is -3.96. The van der Waals surface area contributed by atoms with Gasteiger partial charge in [0.2, 0.25) is 5.91 Å². The molecule has 5 nitrogen and oxygen atoms in total. The van der Waals surface area contributed by atoms with Gasteiger partial charge in [0.15, 0.2) is 0 Å². The minimum absolute atomic E-state index is 0.0432. The molecule has 1 amide bonds. The van der Waals surface area contributed by atoms with Crippen molar-refractivity contribution >= 4 is 21.6 Å². The predicted molar refractivity (Wildman–Crippen MR) is 143 cm³/mol. The number of amides is 1. The lowest BCUT2D eigenvalue weighted by Crippen LogP contribution is -2.42. The number of aryl methyl sites for hydroxylation is 3. The van der Waals surface area contributed by atoms with Crippen molar-refractivity contribution in [2.75, 3.05) is 10.8 Å². The molecule has 3 aromatic carbocycles. The lowest BCUT2D eigenvalue weighted by Gasteiger charge is -2.27. The lowest BCUT2D eigenvalue weighted by atomic mass is 9.86. The van der Waals surface area contributed by atoms with E-state index in [0.717, 1.165) is 22.3 Å². The van der Waals surface area contributed by atoms with Crippen molar-refractivity contribution in [3.05, 3.63) is 94.5 Å². The molecule has 3 aromatic rings. The molecule has 0 fully saturated rings. The molecule has 0 aliphatic heterocycles. The third kappa shape index (κ3) is 6.31. The summed E-state index contributed by atoms with van der Waals surface area (Å²) in [5.41, 5.74) is 5.39. The van der Waals surface area contributed by atoms with Crippen LogP contribution in [0.3, 0.4) is 0 Å². The van der Waals surface area contributed by atoms with Gasteiger partial charge in [-0.15, -0.1) is 0 Å². The smallest absolute Gasteiger partial charge is 0.264 e. The molecule has 1 N–H and O–H groups in total. The van der Waals surface area contributed by atoms with Gasteiger partial charge in [-0.1, -0.05) is 74.9 Å². The van der Waals surface area contributed by atoms with E-state index in [1.165, 1.54) is 9.87 Å². The molecule has 186 valence electrons. The van der Waals surface area contributed by atoms with Crippen LogP contribution in [-0.2, 0) is 20.2 Å². The van der Waals surface area contributed by atoms with Crippen molar-refractivity contribution < 1.29 is 13.2 Å². The molecule has 0 spiro atoms. The van der Waals surface area contributed by atoms with Crippen molar-refractivity contribution in [1.29, 1.82) is 0 Å². The van der Waals surface area contributed by atoms with Crippen LogP contribution in [0, 0.1) is 20.8 Å². The third-order valence-electron chi connectivity index (χ3n) is 6.18. The molecule has 3 rings (SSSR count). The van der Waals surface area contributed by atoms with E-state index >= 15 is 0 Å². The molecule has 0 radical (unpaired) electrons. The van der Waals surface area contributed by atoms with Crippen LogP contribution >= 0.6 is 0 Å². The molecule has 1 atom stereocenters. The number of carbonyl (C=O) groups excluding carboxylic acids is 1. The summed E-state index contributed by atoms with van der Waals surface area (Å²) in [6.45, 7) is 13.7. The largest absolute Gasteiger partial charge is 0.348 e. The average molecular weight is 493 g/mol. The Labute approximate surface area is 210 Å². The molecule has 6 heteroatoms. The second-order valence-corrected chi connectivity index (χ2v) is 12.1. The molecular formula is C29H36N2O3S. The van der Waals surface area contributed by atoms with Gasteiger partial charge >= 0.3 is 0 Å². The Balaban J connectivity index is 1.89. The van der Waals surface area contributed by atoms with Gasteiger partial charge in [0.25, 0.3) is 10.0 Å². The Bertz CT molecular complexity index is 1290. The molecule has 0 aliphatic carbocycles. The average Bonchev–Trinajstić information content (AvgIpc) is 2.79. The van der Waals surface area contributed by atoms with Gasteiger partial charge in [-0.25, -0.2) is 8.42 Å². The van der Waals surface area contributed by atoms with Crippen molar-refractivity contribution in [3.63, 3.8) is 0 Å². The summed E-state index contributed by atoms with van der Waals surface area (Å²) in [5.74, 6) is -0.367. The molecule has 0 saturated carbocycles. The van der Waals surface area contributed by atoms with Gasteiger partial charge in [0, 0.05) is 0 Å². The van der Waals surface area contributed by atoms with E-state index < -0.39 is 10.0 Å². The quantitative estimate of drug-likeness (QED) is 0.441. The summed E-state index contributed by atoms with van der Waals surface area (Å²) < 4.78 is 28.6. The van der Waals surface area contributed by atoms with E-state index in [2.05, 4.69) is 38.2 Å². The second-order valence-electron chi connectivity index (χ2n) is 10.3. The maximum Gasteiger partial charge on any atom is 0.264 e. The SMILES string of the molecule is Cc1ccc(S(=O)(=O)N(CC(=O)N[C@H](C)c2ccc(C(C)(C)C)cc2)c2cc(C)ccc2C)cc1. The Kier molecular flexibility index (Phi) is 7.75. The number of anilines is 1. The lowest BCUT2D eigenvalue weighted by molar-refractivity contribution is -0.120. The zero-order valence-electron chi connectivity index (χ0n) is 21.7. The standard InChI is InChI=1S/C29H36N2O3S/c1-20-9-16-26(17-10-20)35(33,34)31(27-18-21(2)8-11-22(27)3)19-28(32)30-23(4)24-12-14-25(15-13-24)29(5,6)7/h8-18,23H,19H2,1-7H3,(H,30,32)/t23-/m1/s1. The summed E-state index contributed by atoms with van der Waals surface area (Å²) in [4.78, 5) is 13.3. The highest BCUT2D eigenvalue weighted by Gasteiger charge is 2.29. The normalized spacial score (nSPS) is 12.8. The Hall–Kier alpha value is -3.12. The van der Waals surface area contributed by atoms with Crippen LogP contribution in [0.25, 0.3) is 0 Å². The van der Waals surface area contributed by atoms with E-state index in [4.69, 9.17) is 0 Å². The number of hydrogen-bond donors (Lipinski definition) is 1. The number of sulfonamides is 1. The summed E-state index contributed by atoms with van der Waals surface area (Å²) in [5, 5.41) is 2.98. The number of nitrogens with one attached hydrogen (secondary N) is 1. The van der Waals surface area contributed by atoms with Gasteiger partial charge in [-0.05, 0) is 73.6 Å². The fourth-order valence-corrected chi connectivity index (χ4v) is 5.38. The van der Waals surface area contributed by atoms with Crippen LogP contribution < -0.4 is 9.62 Å². The van der Waals surface area contributed by atoms with Crippen LogP contribution in [0.1, 0.15) is 61.6 Å². The Morgan fingerprint density at radius 2 is 1.46 bits per heavy atom. The third-order valence-corrected chi connectivity index (χ3v) is 7.96. The van der Waals surface area contributed by atoms with E-state index in [0.29, 0.717) is 5.69 Å². The highest BCUT2D eigenvalue weighted by molar-refractivity contribution is 7.92. The summed E-state index contributed by atoms with van der Waals surface area (Å²) >= 11 is 0. The highest BCUT2D eigenvalue weighted by atomic mass is 32.2. The molecule has 0 bridgehead atoms. The van der Waals surface area contributed by atoms with Crippen molar-refractivity contribution in [3.8, 4) is 0 Å². The maximum absolute atomic E-state index is 13.7. The molecule has 0 aliphatic rings. The zero-order valence-corrected chi connectivity index (χ0v) is 22.5. The fraction of sp³-hybridized carbons (Fsp3) is 0.345. The summed E-state index contributed by atoms with van der Waals surface area (Å²) in [6, 6.07) is 20.2. The first-order valence-corrected chi connectivity index (χ1v) is 13.3. The minimum atomic E-state index is -3.96. The first kappa shape index (κ1) is 26.5. The van der Waals surface area contributed by atoms with Crippen LogP contribution in [0.4, 0.5) is 5.69 Å². The minimum Gasteiger partial charge on any atom is -0.348 e. The molecule has 0 saturated heterocycles. The van der Waals surface area contributed by atoms with Crippen LogP contribution in [0.2, 0.25) is 0 Å². The number of hydrogen-bond acceptors (Lipinski definition) is 3. The number of carbonyl (C=O) groups is 1. The van der Waals surface area contributed by atoms with E-state index in [-0.39, 0.29) is 28.8 Å². The molecule has 0 heterocycles. The number of benzene rings is 3. The molecular weight excluding hydrogens is 456 g/mol. The van der Waals surface area contributed by atoms with Crippen molar-refractivity contribution in [2.45, 2.75) is 64.8 Å². The monoisotopic (exact) mass is 492 g/mol. The van der Waals surface area contributed by atoms with Crippen LogP contribution in [0.15, 0.2) is 71.6 Å². The van der Waals surface area contributed by atoms with Crippen molar-refractivity contribution in [1.82, 2.24) is 5.32 Å². The van der Waals surface area contributed by atoms with Gasteiger partial charge in [-0.2, -0.15) is 0 Å². The van der Waals surface area contributed by atoms with E-state index in [9.17, 15) is 13.2 Å². The predicted octanol–water partition coefficient (Wildman–Crippen LogP) is 5.98. The first-order valence-electron chi connectivity index (χ1n) is 11.9. The topological polar surface area (TPSA) is 66.5 Å². The van der Waals surface area contributed by atoms with Gasteiger partial charge in [0.1, 0.15) is 6.54 Å². The maximum atomic E-state index is 13.7. The molecule has 35 heavy (non-hydrogen) atoms. The van der Waals surface area contributed by atoms with Crippen molar-refractivity contribution in [2.24, 2.45) is 0 Å². The van der Waals surface area contributed by atoms with Crippen LogP contribution in [-0.4, -0.2) is 20.9 Å². The fourth-order valence-electron chi connectivity index (χ4n) is 3.90. The van der Waals surface area contributed by atoms with Crippen LogP contribution in [0.5, 0.6) is 0 Å². The summed E-state index contributed by atoms with van der Waals surface area (Å²) in [6.07, 6.45) is 0. The Morgan fingerprint density at radius 3 is 2.03 bits per heavy atom. The Morgan fingerprint density at radius 1 is 0.886 bits per heavy atom. The molecule has 0 aromatic heterocycles. The number of rotatable bonds is 7. The van der Waals surface area contributed by atoms with E-state index in [1.807, 2.05) is 58.0 Å². The number of nitrogens with zero attached hydrogens (tertiary/aromatic N) is 1. The van der Waals surface area contributed by atoms with Gasteiger partial charge in [-0.3, -0.25) is 9.10 Å². The van der Waals surface area contributed by atoms with Gasteiger partial charge < -0.3 is 5.32 Å². The van der Waals surface area contributed by atoms with Gasteiger partial charge in [0.05, 0.1) is 16.6 Å². The van der Waals surface area contributed by atoms with E-state index in [1.54, 1.807) is 24.3 Å². The first-order chi connectivity index (χ1) is 16.3. The highest BCUT2D eigenvalue weighted by Crippen LogP contribution is 2.28. The zero-order chi connectivity index (χ0) is 26.0.